The Bertz CT molecular complexity index is 974. The Kier molecular flexibility index (Phi) is 6.17. The van der Waals surface area contributed by atoms with Crippen LogP contribution in [0.3, 0.4) is 0 Å². The Morgan fingerprint density at radius 1 is 1.03 bits per heavy atom. The van der Waals surface area contributed by atoms with Gasteiger partial charge in [-0.1, -0.05) is 30.3 Å². The van der Waals surface area contributed by atoms with Gasteiger partial charge in [-0.15, -0.1) is 0 Å². The third-order valence-corrected chi connectivity index (χ3v) is 5.09. The summed E-state index contributed by atoms with van der Waals surface area (Å²) in [5.74, 6) is -0.257. The summed E-state index contributed by atoms with van der Waals surface area (Å²) < 4.78 is 18.9. The van der Waals surface area contributed by atoms with Gasteiger partial charge >= 0.3 is 12.0 Å². The molecule has 0 atom stereocenters. The van der Waals surface area contributed by atoms with Gasteiger partial charge in [-0.3, -0.25) is 0 Å². The first-order valence-electron chi connectivity index (χ1n) is 9.99. The first-order valence-corrected chi connectivity index (χ1v) is 9.99. The second-order valence-electron chi connectivity index (χ2n) is 7.20. The number of urea groups is 1. The minimum atomic E-state index is -0.257. The van der Waals surface area contributed by atoms with E-state index in [2.05, 4.69) is 15.3 Å². The Morgan fingerprint density at radius 2 is 1.77 bits per heavy atom. The summed E-state index contributed by atoms with van der Waals surface area (Å²) >= 11 is 0. The molecule has 1 saturated heterocycles. The van der Waals surface area contributed by atoms with Crippen LogP contribution in [-0.4, -0.2) is 40.1 Å². The number of likely N-dealkylation sites (tertiary alicyclic amines) is 1. The quantitative estimate of drug-likeness (QED) is 0.695. The smallest absolute Gasteiger partial charge is 0.317 e. The molecule has 0 radical (unpaired) electrons. The SMILES string of the molecule is O=C(NCc1cccc(-c2ccc(F)cc2)c1)N1CCC(Oc2ncccn2)CC1. The van der Waals surface area contributed by atoms with Gasteiger partial charge in [0.25, 0.3) is 0 Å². The summed E-state index contributed by atoms with van der Waals surface area (Å²) in [4.78, 5) is 22.5. The van der Waals surface area contributed by atoms with E-state index in [1.54, 1.807) is 35.5 Å². The van der Waals surface area contributed by atoms with Crippen LogP contribution in [0.2, 0.25) is 0 Å². The zero-order valence-electron chi connectivity index (χ0n) is 16.5. The van der Waals surface area contributed by atoms with E-state index in [0.29, 0.717) is 25.6 Å². The van der Waals surface area contributed by atoms with Gasteiger partial charge in [0, 0.05) is 44.9 Å². The average Bonchev–Trinajstić information content (AvgIpc) is 2.79. The molecule has 1 N–H and O–H groups in total. The van der Waals surface area contributed by atoms with Crippen molar-refractivity contribution >= 4 is 6.03 Å². The van der Waals surface area contributed by atoms with Crippen LogP contribution in [0.15, 0.2) is 67.0 Å². The van der Waals surface area contributed by atoms with Crippen LogP contribution in [0.4, 0.5) is 9.18 Å². The van der Waals surface area contributed by atoms with E-state index in [9.17, 15) is 9.18 Å². The summed E-state index contributed by atoms with van der Waals surface area (Å²) in [7, 11) is 0. The number of halogens is 1. The number of ether oxygens (including phenoxy) is 1. The number of carbonyl (C=O) groups excluding carboxylic acids is 1. The molecule has 1 aromatic heterocycles. The lowest BCUT2D eigenvalue weighted by molar-refractivity contribution is 0.103. The van der Waals surface area contributed by atoms with Gasteiger partial charge < -0.3 is 15.0 Å². The van der Waals surface area contributed by atoms with Crippen molar-refractivity contribution in [2.45, 2.75) is 25.5 Å². The number of amides is 2. The van der Waals surface area contributed by atoms with Gasteiger partial charge in [-0.05, 0) is 41.0 Å². The maximum absolute atomic E-state index is 13.1. The third kappa shape index (κ3) is 5.11. The molecule has 7 heteroatoms. The lowest BCUT2D eigenvalue weighted by atomic mass is 10.0. The van der Waals surface area contributed by atoms with Gasteiger partial charge in [-0.2, -0.15) is 0 Å². The van der Waals surface area contributed by atoms with E-state index in [4.69, 9.17) is 4.74 Å². The number of benzene rings is 2. The maximum Gasteiger partial charge on any atom is 0.317 e. The summed E-state index contributed by atoms with van der Waals surface area (Å²) in [5.41, 5.74) is 2.92. The van der Waals surface area contributed by atoms with Crippen LogP contribution in [0.5, 0.6) is 6.01 Å². The number of nitrogens with zero attached hydrogens (tertiary/aromatic N) is 3. The van der Waals surface area contributed by atoms with Gasteiger partial charge in [0.15, 0.2) is 0 Å². The Balaban J connectivity index is 1.27. The minimum Gasteiger partial charge on any atom is -0.460 e. The second kappa shape index (κ2) is 9.35. The summed E-state index contributed by atoms with van der Waals surface area (Å²) in [5, 5.41) is 2.98. The molecule has 0 spiro atoms. The van der Waals surface area contributed by atoms with Crippen LogP contribution in [0.25, 0.3) is 11.1 Å². The molecule has 1 aliphatic rings. The molecule has 1 fully saturated rings. The fourth-order valence-electron chi connectivity index (χ4n) is 3.46. The van der Waals surface area contributed by atoms with Gasteiger partial charge in [0.1, 0.15) is 11.9 Å². The highest BCUT2D eigenvalue weighted by Crippen LogP contribution is 2.21. The molecule has 0 aliphatic carbocycles. The van der Waals surface area contributed by atoms with Crippen molar-refractivity contribution in [3.63, 3.8) is 0 Å². The largest absolute Gasteiger partial charge is 0.460 e. The fourth-order valence-corrected chi connectivity index (χ4v) is 3.46. The molecule has 0 saturated carbocycles. The standard InChI is InChI=1S/C23H23FN4O2/c24-20-7-5-18(6-8-20)19-4-1-3-17(15-19)16-27-23(29)28-13-9-21(10-14-28)30-22-25-11-2-12-26-22/h1-8,11-12,15,21H,9-10,13-14,16H2,(H,27,29). The zero-order valence-corrected chi connectivity index (χ0v) is 16.5. The monoisotopic (exact) mass is 406 g/mol. The van der Waals surface area contributed by atoms with E-state index in [-0.39, 0.29) is 18.0 Å². The van der Waals surface area contributed by atoms with Crippen LogP contribution >= 0.6 is 0 Å². The highest BCUT2D eigenvalue weighted by molar-refractivity contribution is 5.74. The van der Waals surface area contributed by atoms with Crippen molar-refractivity contribution < 1.29 is 13.9 Å². The number of hydrogen-bond donors (Lipinski definition) is 1. The predicted octanol–water partition coefficient (Wildman–Crippen LogP) is 4.04. The van der Waals surface area contributed by atoms with E-state index in [1.165, 1.54) is 12.1 Å². The third-order valence-electron chi connectivity index (χ3n) is 5.09. The Labute approximate surface area is 174 Å². The minimum absolute atomic E-state index is 0.0174. The molecule has 6 nitrogen and oxygen atoms in total. The van der Waals surface area contributed by atoms with Crippen LogP contribution < -0.4 is 10.1 Å². The number of piperidine rings is 1. The van der Waals surface area contributed by atoms with Crippen molar-refractivity contribution in [3.05, 3.63) is 78.4 Å². The Hall–Kier alpha value is -3.48. The van der Waals surface area contributed by atoms with Gasteiger partial charge in [-0.25, -0.2) is 19.2 Å². The average molecular weight is 406 g/mol. The van der Waals surface area contributed by atoms with Crippen molar-refractivity contribution in [2.24, 2.45) is 0 Å². The predicted molar refractivity (Wildman–Crippen MR) is 111 cm³/mol. The van der Waals surface area contributed by atoms with Gasteiger partial charge in [0.2, 0.25) is 0 Å². The van der Waals surface area contributed by atoms with Crippen molar-refractivity contribution in [1.29, 1.82) is 0 Å². The van der Waals surface area contributed by atoms with Crippen molar-refractivity contribution in [1.82, 2.24) is 20.2 Å². The molecule has 154 valence electrons. The lowest BCUT2D eigenvalue weighted by Crippen LogP contribution is -2.46. The van der Waals surface area contributed by atoms with Crippen LogP contribution in [0.1, 0.15) is 18.4 Å². The molecule has 0 unspecified atom stereocenters. The molecule has 2 aromatic carbocycles. The molecule has 3 aromatic rings. The Morgan fingerprint density at radius 3 is 2.50 bits per heavy atom. The second-order valence-corrected chi connectivity index (χ2v) is 7.20. The zero-order chi connectivity index (χ0) is 20.8. The lowest BCUT2D eigenvalue weighted by Gasteiger charge is -2.31. The first-order chi connectivity index (χ1) is 14.7. The molecule has 2 heterocycles. The van der Waals surface area contributed by atoms with E-state index >= 15 is 0 Å². The van der Waals surface area contributed by atoms with Gasteiger partial charge in [0.05, 0.1) is 0 Å². The number of carbonyl (C=O) groups is 1. The fraction of sp³-hybridized carbons (Fsp3) is 0.261. The molecule has 4 rings (SSSR count). The number of rotatable bonds is 5. The molecular formula is C23H23FN4O2. The molecular weight excluding hydrogens is 383 g/mol. The highest BCUT2D eigenvalue weighted by Gasteiger charge is 2.24. The van der Waals surface area contributed by atoms with Crippen LogP contribution in [-0.2, 0) is 6.54 Å². The van der Waals surface area contributed by atoms with E-state index in [1.807, 2.05) is 24.3 Å². The van der Waals surface area contributed by atoms with Crippen molar-refractivity contribution in [3.8, 4) is 17.1 Å². The van der Waals surface area contributed by atoms with Crippen LogP contribution in [0, 0.1) is 5.82 Å². The molecule has 1 aliphatic heterocycles. The first kappa shape index (κ1) is 19.8. The number of hydrogen-bond acceptors (Lipinski definition) is 4. The normalized spacial score (nSPS) is 14.4. The van der Waals surface area contributed by atoms with E-state index in [0.717, 1.165) is 29.5 Å². The maximum atomic E-state index is 13.1. The summed E-state index contributed by atoms with van der Waals surface area (Å²) in [6, 6.07) is 16.3. The van der Waals surface area contributed by atoms with Crippen molar-refractivity contribution in [2.75, 3.05) is 13.1 Å². The molecule has 2 amide bonds. The summed E-state index contributed by atoms with van der Waals surface area (Å²) in [6.45, 7) is 1.68. The summed E-state index contributed by atoms with van der Waals surface area (Å²) in [6.07, 6.45) is 4.80. The molecule has 0 bridgehead atoms. The highest BCUT2D eigenvalue weighted by atomic mass is 19.1. The molecule has 30 heavy (non-hydrogen) atoms. The van der Waals surface area contributed by atoms with E-state index < -0.39 is 0 Å². The number of nitrogens with one attached hydrogen (secondary N) is 1. The number of aromatic nitrogens is 2. The topological polar surface area (TPSA) is 67.4 Å².